The van der Waals surface area contributed by atoms with E-state index in [1.54, 1.807) is 12.4 Å². The monoisotopic (exact) mass is 820 g/mol. The maximum atomic E-state index is 12.2. The summed E-state index contributed by atoms with van der Waals surface area (Å²) in [6.07, 6.45) is 3.23. The number of fused-ring (bicyclic) bond motifs is 1. The number of pyridine rings is 2. The van der Waals surface area contributed by atoms with Gasteiger partial charge in [0.25, 0.3) is 0 Å². The molecule has 3 amide bonds. The van der Waals surface area contributed by atoms with Gasteiger partial charge in [-0.25, -0.2) is 4.98 Å². The number of carbonyl (C=O) groups excluding carboxylic acids is 3. The Morgan fingerprint density at radius 2 is 1.88 bits per heavy atom. The van der Waals surface area contributed by atoms with Crippen molar-refractivity contribution in [3.63, 3.8) is 0 Å². The summed E-state index contributed by atoms with van der Waals surface area (Å²) < 4.78 is 43.3. The van der Waals surface area contributed by atoms with Crippen molar-refractivity contribution in [2.75, 3.05) is 20.2 Å². The predicted molar refractivity (Wildman–Crippen MR) is 191 cm³/mol. The first kappa shape index (κ1) is 43.7. The number of ether oxygens (including phenoxy) is 2. The summed E-state index contributed by atoms with van der Waals surface area (Å²) in [6, 6.07) is 1.21. The van der Waals surface area contributed by atoms with E-state index in [0.29, 0.717) is 46.5 Å². The van der Waals surface area contributed by atoms with E-state index in [0.717, 1.165) is 25.9 Å². The van der Waals surface area contributed by atoms with Crippen LogP contribution in [0.3, 0.4) is 0 Å². The number of halogens is 4. The standard InChI is InChI=1S/C15H27NO2.C14H9IN4O2S.C2H2F3NO.C2H6/c1-11-9-16(10-14(11,3)4)13(17)8-12(2)18-15(5)6-7-15;1-21-14-10(2-3-22-15)13-9(6-18-14)5-17-7-11(13)12(4-16)19-8-20;3-2(4,5)1(6)7;1-2/h11-12H,6-10H2,1-5H3;5-8,12H,1H3,(H,19,20);(H2,6,7);1-2H3/t11?,12-;;;/m1.../s1. The number of alkyl halides is 3. The number of amides is 3. The number of rotatable bonds is 8. The van der Waals surface area contributed by atoms with Crippen LogP contribution in [0.15, 0.2) is 18.6 Å². The maximum Gasteiger partial charge on any atom is 0.470 e. The molecular weight excluding hydrogens is 776 g/mol. The van der Waals surface area contributed by atoms with Gasteiger partial charge in [-0.1, -0.05) is 34.6 Å². The minimum absolute atomic E-state index is 0.0454. The topological polar surface area (TPSA) is 161 Å². The first-order chi connectivity index (χ1) is 22.9. The Bertz CT molecular complexity index is 1540. The van der Waals surface area contributed by atoms with E-state index in [1.807, 2.05) is 31.7 Å². The third-order valence-electron chi connectivity index (χ3n) is 7.83. The third kappa shape index (κ3) is 13.5. The molecule has 1 aliphatic carbocycles. The van der Waals surface area contributed by atoms with E-state index < -0.39 is 18.1 Å². The van der Waals surface area contributed by atoms with Gasteiger partial charge >= 0.3 is 12.1 Å². The predicted octanol–water partition coefficient (Wildman–Crippen LogP) is 6.24. The average molecular weight is 821 g/mol. The van der Waals surface area contributed by atoms with Gasteiger partial charge in [0.15, 0.2) is 0 Å². The van der Waals surface area contributed by atoms with Crippen molar-refractivity contribution < 1.29 is 37.0 Å². The molecule has 49 heavy (non-hydrogen) atoms. The molecule has 2 aromatic rings. The second kappa shape index (κ2) is 19.7. The van der Waals surface area contributed by atoms with Crippen molar-refractivity contribution >= 4 is 59.1 Å². The van der Waals surface area contributed by atoms with E-state index in [-0.39, 0.29) is 23.0 Å². The second-order valence-electron chi connectivity index (χ2n) is 12.1. The summed E-state index contributed by atoms with van der Waals surface area (Å²) in [6.45, 7) is 16.7. The molecule has 2 aromatic heterocycles. The number of hydrogen-bond donors (Lipinski definition) is 2. The Labute approximate surface area is 302 Å². The van der Waals surface area contributed by atoms with Gasteiger partial charge < -0.3 is 25.4 Å². The molecule has 0 spiro atoms. The Hall–Kier alpha value is -3.35. The van der Waals surface area contributed by atoms with E-state index >= 15 is 0 Å². The number of methoxy groups -OCH3 is 1. The average Bonchev–Trinajstić information content (AvgIpc) is 3.70. The van der Waals surface area contributed by atoms with Crippen molar-refractivity contribution in [2.45, 2.75) is 91.7 Å². The van der Waals surface area contributed by atoms with E-state index in [9.17, 15) is 28.0 Å². The molecule has 1 saturated carbocycles. The van der Waals surface area contributed by atoms with Crippen LogP contribution < -0.4 is 15.8 Å². The lowest BCUT2D eigenvalue weighted by Crippen LogP contribution is -2.33. The highest BCUT2D eigenvalue weighted by Gasteiger charge is 2.42. The number of carbonyl (C=O) groups is 3. The minimum Gasteiger partial charge on any atom is -0.480 e. The van der Waals surface area contributed by atoms with Crippen LogP contribution >= 0.6 is 30.1 Å². The van der Waals surface area contributed by atoms with E-state index in [4.69, 9.17) is 14.3 Å². The highest BCUT2D eigenvalue weighted by Crippen LogP contribution is 2.40. The first-order valence-electron chi connectivity index (χ1n) is 15.4. The molecule has 1 aliphatic heterocycles. The third-order valence-corrected chi connectivity index (χ3v) is 8.67. The highest BCUT2D eigenvalue weighted by atomic mass is 127. The summed E-state index contributed by atoms with van der Waals surface area (Å²) in [5.74, 6) is 1.92. The Morgan fingerprint density at radius 3 is 2.33 bits per heavy atom. The van der Waals surface area contributed by atoms with Crippen LogP contribution in [0.25, 0.3) is 10.8 Å². The quantitative estimate of drug-likeness (QED) is 0.179. The fourth-order valence-corrected chi connectivity index (χ4v) is 5.15. The SMILES string of the molecule is CC.CC1CN(C(=O)C[C@@H](C)OC2(C)CC2)CC1(C)C.COc1ncc2cncc(C(C#N)NC=O)c2c1C#CSI.NC(=O)C(F)(F)F. The molecule has 0 radical (unpaired) electrons. The smallest absolute Gasteiger partial charge is 0.470 e. The summed E-state index contributed by atoms with van der Waals surface area (Å²) in [5.41, 5.74) is 5.24. The lowest BCUT2D eigenvalue weighted by atomic mass is 9.84. The normalized spacial score (nSPS) is 17.8. The zero-order valence-corrected chi connectivity index (χ0v) is 31.9. The minimum atomic E-state index is -4.86. The lowest BCUT2D eigenvalue weighted by molar-refractivity contribution is -0.169. The van der Waals surface area contributed by atoms with Crippen LogP contribution in [-0.2, 0) is 19.1 Å². The van der Waals surface area contributed by atoms with Gasteiger partial charge in [0.05, 0.1) is 36.9 Å². The number of nitrogens with two attached hydrogens (primary N) is 1. The van der Waals surface area contributed by atoms with Crippen molar-refractivity contribution in [1.29, 1.82) is 5.26 Å². The number of nitrogens with one attached hydrogen (secondary N) is 1. The fraction of sp³-hybridized carbons (Fsp3) is 0.576. The molecular formula is C33H44F3IN6O5S. The van der Waals surface area contributed by atoms with Crippen LogP contribution in [0.4, 0.5) is 13.2 Å². The Kier molecular flexibility index (Phi) is 17.6. The van der Waals surface area contributed by atoms with Crippen LogP contribution in [0.1, 0.15) is 84.9 Å². The van der Waals surface area contributed by atoms with Gasteiger partial charge in [-0.05, 0) is 58.1 Å². The summed E-state index contributed by atoms with van der Waals surface area (Å²) in [4.78, 5) is 42.4. The number of nitriles is 1. The van der Waals surface area contributed by atoms with Gasteiger partial charge in [-0.2, -0.15) is 18.4 Å². The van der Waals surface area contributed by atoms with Gasteiger partial charge in [0, 0.05) is 69.2 Å². The molecule has 3 heterocycles. The number of aromatic nitrogens is 2. The van der Waals surface area contributed by atoms with Crippen molar-refractivity contribution in [2.24, 2.45) is 17.1 Å². The van der Waals surface area contributed by atoms with E-state index in [1.165, 1.54) is 22.2 Å². The molecule has 2 aliphatic rings. The number of primary amides is 1. The van der Waals surface area contributed by atoms with Gasteiger partial charge in [-0.3, -0.25) is 19.4 Å². The van der Waals surface area contributed by atoms with Crippen LogP contribution in [0.2, 0.25) is 0 Å². The Morgan fingerprint density at radius 1 is 1.27 bits per heavy atom. The van der Waals surface area contributed by atoms with Gasteiger partial charge in [-0.15, -0.1) is 0 Å². The Balaban J connectivity index is 0.000000399. The zero-order valence-electron chi connectivity index (χ0n) is 28.9. The van der Waals surface area contributed by atoms with Crippen LogP contribution in [0, 0.1) is 33.8 Å². The summed E-state index contributed by atoms with van der Waals surface area (Å²) in [7, 11) is 2.83. The van der Waals surface area contributed by atoms with Crippen molar-refractivity contribution in [3.8, 4) is 23.1 Å². The molecule has 3 atom stereocenters. The number of nitrogens with zero attached hydrogens (tertiary/aromatic N) is 4. The molecule has 16 heteroatoms. The molecule has 270 valence electrons. The molecule has 2 unspecified atom stereocenters. The molecule has 0 aromatic carbocycles. The van der Waals surface area contributed by atoms with E-state index in [2.05, 4.69) is 81.1 Å². The molecule has 1 saturated heterocycles. The summed E-state index contributed by atoms with van der Waals surface area (Å²) >= 11 is 2.06. The fourth-order valence-electron chi connectivity index (χ4n) is 4.68. The maximum absolute atomic E-state index is 12.2. The summed E-state index contributed by atoms with van der Waals surface area (Å²) in [5, 5.41) is 16.0. The number of hydrogen-bond acceptors (Lipinski definition) is 9. The largest absolute Gasteiger partial charge is 0.480 e. The van der Waals surface area contributed by atoms with Crippen LogP contribution in [-0.4, -0.2) is 71.2 Å². The molecule has 4 rings (SSSR count). The highest BCUT2D eigenvalue weighted by molar-refractivity contribution is 14.2. The zero-order chi connectivity index (χ0) is 37.6. The molecule has 0 bridgehead atoms. The van der Waals surface area contributed by atoms with Gasteiger partial charge in [0.2, 0.25) is 18.2 Å². The molecule has 3 N–H and O–H groups in total. The molecule has 11 nitrogen and oxygen atoms in total. The lowest BCUT2D eigenvalue weighted by Gasteiger charge is -2.23. The number of likely N-dealkylation sites (tertiary alicyclic amines) is 1. The molecule has 2 fully saturated rings. The van der Waals surface area contributed by atoms with Crippen molar-refractivity contribution in [3.05, 3.63) is 29.7 Å². The van der Waals surface area contributed by atoms with Crippen molar-refractivity contribution in [1.82, 2.24) is 20.2 Å². The second-order valence-corrected chi connectivity index (χ2v) is 13.8. The first-order valence-corrected chi connectivity index (χ1v) is 18.8. The van der Waals surface area contributed by atoms with Crippen LogP contribution in [0.5, 0.6) is 5.88 Å². The van der Waals surface area contributed by atoms with Gasteiger partial charge in [0.1, 0.15) is 6.04 Å².